The highest BCUT2D eigenvalue weighted by atomic mass is 35.5. The molecule has 1 rings (SSSR count). The second-order valence-electron chi connectivity index (χ2n) is 4.47. The minimum absolute atomic E-state index is 0.316. The van der Waals surface area contributed by atoms with Gasteiger partial charge in [-0.3, -0.25) is 4.99 Å². The fourth-order valence-corrected chi connectivity index (χ4v) is 2.21. The molecule has 0 aromatic heterocycles. The van der Waals surface area contributed by atoms with Gasteiger partial charge in [0.1, 0.15) is 0 Å². The van der Waals surface area contributed by atoms with Crippen LogP contribution in [0.4, 0.5) is 0 Å². The van der Waals surface area contributed by atoms with Gasteiger partial charge < -0.3 is 10.6 Å². The molecule has 6 nitrogen and oxygen atoms in total. The lowest BCUT2D eigenvalue weighted by atomic mass is 10.1. The van der Waals surface area contributed by atoms with Gasteiger partial charge >= 0.3 is 0 Å². The van der Waals surface area contributed by atoms with E-state index < -0.39 is 10.0 Å². The van der Waals surface area contributed by atoms with Gasteiger partial charge in [-0.1, -0.05) is 23.7 Å². The van der Waals surface area contributed by atoms with Crippen molar-refractivity contribution in [3.05, 3.63) is 34.9 Å². The van der Waals surface area contributed by atoms with Gasteiger partial charge in [0.2, 0.25) is 10.0 Å². The van der Waals surface area contributed by atoms with E-state index in [0.29, 0.717) is 19.0 Å². The van der Waals surface area contributed by atoms with Crippen molar-refractivity contribution < 1.29 is 8.42 Å². The zero-order valence-electron chi connectivity index (χ0n) is 12.2. The smallest absolute Gasteiger partial charge is 0.208 e. The maximum absolute atomic E-state index is 10.9. The molecule has 0 bridgehead atoms. The molecule has 0 atom stereocenters. The number of sulfonamides is 1. The summed E-state index contributed by atoms with van der Waals surface area (Å²) in [4.78, 5) is 4.06. The predicted molar refractivity (Wildman–Crippen MR) is 87.4 cm³/mol. The first-order valence-electron chi connectivity index (χ1n) is 6.54. The largest absolute Gasteiger partial charge is 0.356 e. The zero-order valence-corrected chi connectivity index (χ0v) is 13.8. The lowest BCUT2D eigenvalue weighted by Crippen LogP contribution is -2.42. The molecule has 0 aliphatic carbocycles. The normalized spacial score (nSPS) is 12.2. The van der Waals surface area contributed by atoms with E-state index in [1.54, 1.807) is 7.05 Å². The van der Waals surface area contributed by atoms with Gasteiger partial charge in [-0.15, -0.1) is 0 Å². The highest BCUT2D eigenvalue weighted by Crippen LogP contribution is 2.09. The third-order valence-electron chi connectivity index (χ3n) is 2.62. The monoisotopic (exact) mass is 332 g/mol. The highest BCUT2D eigenvalue weighted by Gasteiger charge is 2.01. The molecule has 0 amide bonds. The summed E-state index contributed by atoms with van der Waals surface area (Å²) in [5.74, 6) is 0.638. The van der Waals surface area contributed by atoms with Gasteiger partial charge in [0.05, 0.1) is 6.26 Å². The van der Waals surface area contributed by atoms with Crippen LogP contribution in [0.5, 0.6) is 0 Å². The maximum atomic E-state index is 10.9. The zero-order chi connectivity index (χ0) is 15.7. The van der Waals surface area contributed by atoms with Crippen LogP contribution >= 0.6 is 11.6 Å². The second-order valence-corrected chi connectivity index (χ2v) is 6.74. The third-order valence-corrected chi connectivity index (χ3v) is 3.61. The summed E-state index contributed by atoms with van der Waals surface area (Å²) in [6, 6.07) is 7.69. The van der Waals surface area contributed by atoms with Crippen molar-refractivity contribution in [3.63, 3.8) is 0 Å². The van der Waals surface area contributed by atoms with Gasteiger partial charge in [0.15, 0.2) is 5.96 Å². The van der Waals surface area contributed by atoms with E-state index in [1.165, 1.54) is 5.56 Å². The molecule has 0 saturated carbocycles. The van der Waals surface area contributed by atoms with Crippen molar-refractivity contribution in [2.24, 2.45) is 4.99 Å². The standard InChI is InChI=1S/C13H21ClN4O2S/c1-15-13(17-9-10-18-21(2,19)20)16-8-7-11-3-5-12(14)6-4-11/h3-6,18H,7-10H2,1-2H3,(H2,15,16,17). The lowest BCUT2D eigenvalue weighted by Gasteiger charge is -2.12. The van der Waals surface area contributed by atoms with E-state index in [0.717, 1.165) is 24.2 Å². The molecule has 8 heteroatoms. The summed E-state index contributed by atoms with van der Waals surface area (Å²) in [5, 5.41) is 6.91. The second kappa shape index (κ2) is 8.86. The number of aliphatic imine (C=N–C) groups is 1. The van der Waals surface area contributed by atoms with Crippen LogP contribution in [0.25, 0.3) is 0 Å². The van der Waals surface area contributed by atoms with Gasteiger partial charge in [0, 0.05) is 31.7 Å². The van der Waals surface area contributed by atoms with Crippen LogP contribution in [0.15, 0.2) is 29.3 Å². The van der Waals surface area contributed by atoms with Gasteiger partial charge in [-0.25, -0.2) is 13.1 Å². The number of halogens is 1. The van der Waals surface area contributed by atoms with E-state index in [-0.39, 0.29) is 0 Å². The number of rotatable bonds is 7. The first-order chi connectivity index (χ1) is 9.90. The Labute approximate surface area is 131 Å². The molecule has 21 heavy (non-hydrogen) atoms. The third kappa shape index (κ3) is 8.54. The number of hydrogen-bond donors (Lipinski definition) is 3. The SMILES string of the molecule is CN=C(NCCNS(C)(=O)=O)NCCc1ccc(Cl)cc1. The van der Waals surface area contributed by atoms with E-state index in [4.69, 9.17) is 11.6 Å². The Hall–Kier alpha value is -1.31. The van der Waals surface area contributed by atoms with E-state index in [1.807, 2.05) is 24.3 Å². The highest BCUT2D eigenvalue weighted by molar-refractivity contribution is 7.88. The Morgan fingerprint density at radius 1 is 1.14 bits per heavy atom. The molecule has 0 saturated heterocycles. The number of hydrogen-bond acceptors (Lipinski definition) is 3. The Kier molecular flexibility index (Phi) is 7.49. The minimum Gasteiger partial charge on any atom is -0.356 e. The van der Waals surface area contributed by atoms with Gasteiger partial charge in [-0.2, -0.15) is 0 Å². The molecule has 1 aromatic rings. The van der Waals surface area contributed by atoms with Crippen molar-refractivity contribution in [1.29, 1.82) is 0 Å². The number of benzene rings is 1. The van der Waals surface area contributed by atoms with E-state index in [2.05, 4.69) is 20.3 Å². The summed E-state index contributed by atoms with van der Waals surface area (Å²) >= 11 is 5.83. The van der Waals surface area contributed by atoms with Crippen LogP contribution in [-0.2, 0) is 16.4 Å². The molecule has 1 aromatic carbocycles. The van der Waals surface area contributed by atoms with Gasteiger partial charge in [-0.05, 0) is 24.1 Å². The first kappa shape index (κ1) is 17.7. The van der Waals surface area contributed by atoms with Crippen LogP contribution in [0.2, 0.25) is 5.02 Å². The minimum atomic E-state index is -3.15. The Balaban J connectivity index is 2.24. The van der Waals surface area contributed by atoms with Crippen molar-refractivity contribution in [2.75, 3.05) is 32.9 Å². The summed E-state index contributed by atoms with van der Waals surface area (Å²) in [5.41, 5.74) is 1.18. The van der Waals surface area contributed by atoms with Crippen LogP contribution in [0.1, 0.15) is 5.56 Å². The molecule has 0 aliphatic heterocycles. The van der Waals surface area contributed by atoms with Crippen molar-refractivity contribution in [1.82, 2.24) is 15.4 Å². The van der Waals surface area contributed by atoms with Crippen molar-refractivity contribution in [3.8, 4) is 0 Å². The van der Waals surface area contributed by atoms with Crippen LogP contribution in [0.3, 0.4) is 0 Å². The van der Waals surface area contributed by atoms with Crippen molar-refractivity contribution >= 4 is 27.6 Å². The average molecular weight is 333 g/mol. The quantitative estimate of drug-likeness (QED) is 0.388. The molecular formula is C13H21ClN4O2S. The van der Waals surface area contributed by atoms with Crippen LogP contribution in [0, 0.1) is 0 Å². The topological polar surface area (TPSA) is 82.6 Å². The summed E-state index contributed by atoms with van der Waals surface area (Å²) in [6.45, 7) is 1.51. The number of nitrogens with zero attached hydrogens (tertiary/aromatic N) is 1. The number of nitrogens with one attached hydrogen (secondary N) is 3. The molecule has 0 aliphatic rings. The molecule has 118 valence electrons. The molecule has 0 fully saturated rings. The molecular weight excluding hydrogens is 312 g/mol. The first-order valence-corrected chi connectivity index (χ1v) is 8.81. The van der Waals surface area contributed by atoms with Crippen molar-refractivity contribution in [2.45, 2.75) is 6.42 Å². The number of guanidine groups is 1. The summed E-state index contributed by atoms with van der Waals surface area (Å²) in [7, 11) is -1.48. The lowest BCUT2D eigenvalue weighted by molar-refractivity contribution is 0.586. The maximum Gasteiger partial charge on any atom is 0.208 e. The summed E-state index contributed by atoms with van der Waals surface area (Å²) < 4.78 is 24.2. The molecule has 0 radical (unpaired) electrons. The van der Waals surface area contributed by atoms with E-state index >= 15 is 0 Å². The molecule has 3 N–H and O–H groups in total. The van der Waals surface area contributed by atoms with Crippen LogP contribution in [-0.4, -0.2) is 47.3 Å². The Morgan fingerprint density at radius 2 is 1.76 bits per heavy atom. The Bertz CT molecular complexity index is 558. The molecule has 0 spiro atoms. The predicted octanol–water partition coefficient (Wildman–Crippen LogP) is 0.597. The molecule has 0 heterocycles. The van der Waals surface area contributed by atoms with Gasteiger partial charge in [0.25, 0.3) is 0 Å². The molecule has 0 unspecified atom stereocenters. The average Bonchev–Trinajstić information content (AvgIpc) is 2.42. The fraction of sp³-hybridized carbons (Fsp3) is 0.462. The summed E-state index contributed by atoms with van der Waals surface area (Å²) in [6.07, 6.45) is 1.98. The van der Waals surface area contributed by atoms with E-state index in [9.17, 15) is 8.42 Å². The fourth-order valence-electron chi connectivity index (χ4n) is 1.61. The Morgan fingerprint density at radius 3 is 2.33 bits per heavy atom. The van der Waals surface area contributed by atoms with Crippen LogP contribution < -0.4 is 15.4 Å².